The highest BCUT2D eigenvalue weighted by atomic mass is 16.5. The number of carbonyl (C=O) groups is 1. The SMILES string of the molecule is Cc1nnnn1CC(=O)N1C[C@@H](CO)C[C@@H](CN2CCOCC2)C1. The van der Waals surface area contributed by atoms with Gasteiger partial charge < -0.3 is 14.7 Å². The van der Waals surface area contributed by atoms with Crippen LogP contribution in [-0.2, 0) is 16.1 Å². The first-order valence-corrected chi connectivity index (χ1v) is 8.57. The van der Waals surface area contributed by atoms with Crippen LogP contribution in [0.1, 0.15) is 12.2 Å². The van der Waals surface area contributed by atoms with Gasteiger partial charge in [-0.15, -0.1) is 5.10 Å². The van der Waals surface area contributed by atoms with Crippen LogP contribution in [0.4, 0.5) is 0 Å². The van der Waals surface area contributed by atoms with Gasteiger partial charge >= 0.3 is 0 Å². The summed E-state index contributed by atoms with van der Waals surface area (Å²) < 4.78 is 6.91. The Kier molecular flexibility index (Phi) is 5.75. The fourth-order valence-electron chi connectivity index (χ4n) is 3.56. The monoisotopic (exact) mass is 338 g/mol. The Morgan fingerprint density at radius 1 is 1.29 bits per heavy atom. The number of carbonyl (C=O) groups excluding carboxylic acids is 1. The number of hydrogen-bond acceptors (Lipinski definition) is 7. The summed E-state index contributed by atoms with van der Waals surface area (Å²) in [5.41, 5.74) is 0. The first-order chi connectivity index (χ1) is 11.7. The van der Waals surface area contributed by atoms with Gasteiger partial charge in [0.2, 0.25) is 5.91 Å². The molecular weight excluding hydrogens is 312 g/mol. The van der Waals surface area contributed by atoms with Gasteiger partial charge in [-0.05, 0) is 35.6 Å². The molecule has 1 aromatic heterocycles. The molecule has 0 aliphatic carbocycles. The summed E-state index contributed by atoms with van der Waals surface area (Å²) >= 11 is 0. The first kappa shape index (κ1) is 17.2. The molecule has 0 unspecified atom stereocenters. The Morgan fingerprint density at radius 2 is 2.04 bits per heavy atom. The molecule has 0 spiro atoms. The molecule has 2 saturated heterocycles. The van der Waals surface area contributed by atoms with Crippen LogP contribution in [0.3, 0.4) is 0 Å². The van der Waals surface area contributed by atoms with E-state index in [9.17, 15) is 9.90 Å². The summed E-state index contributed by atoms with van der Waals surface area (Å²) in [6.07, 6.45) is 0.960. The van der Waals surface area contributed by atoms with E-state index in [-0.39, 0.29) is 25.0 Å². The topological polar surface area (TPSA) is 96.6 Å². The molecular formula is C15H26N6O3. The van der Waals surface area contributed by atoms with E-state index in [4.69, 9.17) is 4.74 Å². The van der Waals surface area contributed by atoms with E-state index in [1.165, 1.54) is 4.68 Å². The highest BCUT2D eigenvalue weighted by Gasteiger charge is 2.31. The molecule has 0 aromatic carbocycles. The number of aliphatic hydroxyl groups is 1. The summed E-state index contributed by atoms with van der Waals surface area (Å²) in [5, 5.41) is 20.8. The van der Waals surface area contributed by atoms with Gasteiger partial charge in [0.25, 0.3) is 0 Å². The van der Waals surface area contributed by atoms with Crippen LogP contribution >= 0.6 is 0 Å². The third-order valence-electron chi connectivity index (χ3n) is 4.85. The summed E-state index contributed by atoms with van der Waals surface area (Å²) in [7, 11) is 0. The van der Waals surface area contributed by atoms with Crippen molar-refractivity contribution in [1.82, 2.24) is 30.0 Å². The van der Waals surface area contributed by atoms with Gasteiger partial charge in [0.1, 0.15) is 12.4 Å². The lowest BCUT2D eigenvalue weighted by Crippen LogP contribution is -2.50. The molecule has 2 aliphatic heterocycles. The number of morpholine rings is 1. The van der Waals surface area contributed by atoms with Crippen molar-refractivity contribution in [1.29, 1.82) is 0 Å². The van der Waals surface area contributed by atoms with Gasteiger partial charge in [0, 0.05) is 39.3 Å². The molecule has 0 bridgehead atoms. The van der Waals surface area contributed by atoms with Crippen LogP contribution in [0.2, 0.25) is 0 Å². The van der Waals surface area contributed by atoms with E-state index in [1.54, 1.807) is 6.92 Å². The van der Waals surface area contributed by atoms with Gasteiger partial charge in [-0.2, -0.15) is 0 Å². The van der Waals surface area contributed by atoms with Crippen molar-refractivity contribution >= 4 is 5.91 Å². The van der Waals surface area contributed by atoms with Crippen LogP contribution in [0.5, 0.6) is 0 Å². The van der Waals surface area contributed by atoms with Crippen LogP contribution in [0.25, 0.3) is 0 Å². The molecule has 3 rings (SSSR count). The molecule has 1 amide bonds. The van der Waals surface area contributed by atoms with Crippen molar-refractivity contribution in [2.24, 2.45) is 11.8 Å². The van der Waals surface area contributed by atoms with Crippen molar-refractivity contribution in [2.75, 3.05) is 52.5 Å². The van der Waals surface area contributed by atoms with Crippen LogP contribution in [-0.4, -0.2) is 93.6 Å². The molecule has 2 aliphatic rings. The molecule has 0 radical (unpaired) electrons. The Hall–Kier alpha value is -1.58. The number of piperidine rings is 1. The molecule has 9 nitrogen and oxygen atoms in total. The molecule has 0 saturated carbocycles. The molecule has 1 N–H and O–H groups in total. The number of aryl methyl sites for hydroxylation is 1. The largest absolute Gasteiger partial charge is 0.396 e. The van der Waals surface area contributed by atoms with E-state index in [0.29, 0.717) is 18.3 Å². The zero-order chi connectivity index (χ0) is 16.9. The minimum absolute atomic E-state index is 0.00975. The Balaban J connectivity index is 1.59. The zero-order valence-corrected chi connectivity index (χ0v) is 14.2. The summed E-state index contributed by atoms with van der Waals surface area (Å²) in [4.78, 5) is 16.9. The number of tetrazole rings is 1. The molecule has 3 heterocycles. The second-order valence-corrected chi connectivity index (χ2v) is 6.75. The molecule has 2 atom stereocenters. The van der Waals surface area contributed by atoms with E-state index in [1.807, 2.05) is 4.90 Å². The van der Waals surface area contributed by atoms with Crippen LogP contribution < -0.4 is 0 Å². The summed E-state index contributed by atoms with van der Waals surface area (Å²) in [6.45, 7) is 7.78. The highest BCUT2D eigenvalue weighted by molar-refractivity contribution is 5.76. The fourth-order valence-corrected chi connectivity index (χ4v) is 3.56. The predicted octanol–water partition coefficient (Wildman–Crippen LogP) is -1.23. The lowest BCUT2D eigenvalue weighted by atomic mass is 9.89. The maximum atomic E-state index is 12.6. The molecule has 134 valence electrons. The maximum Gasteiger partial charge on any atom is 0.244 e. The number of ether oxygens (including phenoxy) is 1. The molecule has 9 heteroatoms. The quantitative estimate of drug-likeness (QED) is 0.718. The molecule has 1 aromatic rings. The Bertz CT molecular complexity index is 545. The van der Waals surface area contributed by atoms with Crippen LogP contribution in [0, 0.1) is 18.8 Å². The predicted molar refractivity (Wildman–Crippen MR) is 85.1 cm³/mol. The van der Waals surface area contributed by atoms with E-state index in [0.717, 1.165) is 45.8 Å². The minimum Gasteiger partial charge on any atom is -0.396 e. The standard InChI is InChI=1S/C15H26N6O3/c1-12-16-17-18-21(12)10-15(23)20-8-13(6-14(9-20)11-22)7-19-2-4-24-5-3-19/h13-14,22H,2-11H2,1H3/t13-,14-/m0/s1. The highest BCUT2D eigenvalue weighted by Crippen LogP contribution is 2.23. The van der Waals surface area contributed by atoms with Crippen LogP contribution in [0.15, 0.2) is 0 Å². The third kappa shape index (κ3) is 4.28. The molecule has 24 heavy (non-hydrogen) atoms. The lowest BCUT2D eigenvalue weighted by Gasteiger charge is -2.40. The number of aliphatic hydroxyl groups excluding tert-OH is 1. The second kappa shape index (κ2) is 8.00. The van der Waals surface area contributed by atoms with E-state index >= 15 is 0 Å². The van der Waals surface area contributed by atoms with Crippen molar-refractivity contribution in [2.45, 2.75) is 19.9 Å². The zero-order valence-electron chi connectivity index (χ0n) is 14.2. The first-order valence-electron chi connectivity index (χ1n) is 8.57. The second-order valence-electron chi connectivity index (χ2n) is 6.75. The normalized spacial score (nSPS) is 25.8. The number of aromatic nitrogens is 4. The fraction of sp³-hybridized carbons (Fsp3) is 0.867. The van der Waals surface area contributed by atoms with Gasteiger partial charge in [0.05, 0.1) is 13.2 Å². The smallest absolute Gasteiger partial charge is 0.244 e. The average molecular weight is 338 g/mol. The van der Waals surface area contributed by atoms with Gasteiger partial charge in [-0.1, -0.05) is 0 Å². The van der Waals surface area contributed by atoms with Gasteiger partial charge in [0.15, 0.2) is 0 Å². The number of rotatable bonds is 5. The lowest BCUT2D eigenvalue weighted by molar-refractivity contribution is -0.135. The van der Waals surface area contributed by atoms with E-state index in [2.05, 4.69) is 20.4 Å². The Morgan fingerprint density at radius 3 is 2.71 bits per heavy atom. The minimum atomic E-state index is 0.00975. The maximum absolute atomic E-state index is 12.6. The van der Waals surface area contributed by atoms with E-state index < -0.39 is 0 Å². The number of amides is 1. The van der Waals surface area contributed by atoms with Gasteiger partial charge in [-0.25, -0.2) is 4.68 Å². The van der Waals surface area contributed by atoms with Crippen molar-refractivity contribution in [3.8, 4) is 0 Å². The number of hydrogen-bond donors (Lipinski definition) is 1. The van der Waals surface area contributed by atoms with Gasteiger partial charge in [-0.3, -0.25) is 9.69 Å². The number of likely N-dealkylation sites (tertiary alicyclic amines) is 1. The van der Waals surface area contributed by atoms with Crippen molar-refractivity contribution in [3.05, 3.63) is 5.82 Å². The molecule has 2 fully saturated rings. The summed E-state index contributed by atoms with van der Waals surface area (Å²) in [5.74, 6) is 1.16. The third-order valence-corrected chi connectivity index (χ3v) is 4.85. The Labute approximate surface area is 141 Å². The van der Waals surface area contributed by atoms with Crippen molar-refractivity contribution < 1.29 is 14.6 Å². The summed E-state index contributed by atoms with van der Waals surface area (Å²) in [6, 6.07) is 0. The average Bonchev–Trinajstić information content (AvgIpc) is 3.00. The van der Waals surface area contributed by atoms with Crippen molar-refractivity contribution in [3.63, 3.8) is 0 Å². The number of nitrogens with zero attached hydrogens (tertiary/aromatic N) is 6.